The number of nitro groups is 1. The first-order chi connectivity index (χ1) is 11.8. The van der Waals surface area contributed by atoms with Crippen LogP contribution in [0.1, 0.15) is 24.2 Å². The average molecular weight is 352 g/mol. The molecule has 2 atom stereocenters. The molecule has 1 aliphatic rings. The molecule has 1 heterocycles. The van der Waals surface area contributed by atoms with Crippen molar-refractivity contribution in [2.45, 2.75) is 26.1 Å². The molecule has 0 aliphatic carbocycles. The Bertz CT molecular complexity index is 666. The maximum Gasteiger partial charge on any atom is 0.342 e. The van der Waals surface area contributed by atoms with Crippen LogP contribution in [-0.4, -0.2) is 60.7 Å². The van der Waals surface area contributed by atoms with E-state index in [9.17, 15) is 19.7 Å². The zero-order valence-corrected chi connectivity index (χ0v) is 14.3. The summed E-state index contributed by atoms with van der Waals surface area (Å²) in [5.41, 5.74) is -0.372. The number of non-ortho nitro benzene ring substituents is 1. The van der Waals surface area contributed by atoms with Gasteiger partial charge in [0.1, 0.15) is 11.3 Å². The lowest BCUT2D eigenvalue weighted by atomic mass is 10.2. The maximum absolute atomic E-state index is 12.2. The number of carbonyl (C=O) groups is 2. The Balaban J connectivity index is 2.03. The number of carbonyl (C=O) groups excluding carboxylic acids is 2. The van der Waals surface area contributed by atoms with Gasteiger partial charge < -0.3 is 19.1 Å². The van der Waals surface area contributed by atoms with Gasteiger partial charge in [-0.1, -0.05) is 0 Å². The van der Waals surface area contributed by atoms with Gasteiger partial charge in [0.25, 0.3) is 11.6 Å². The van der Waals surface area contributed by atoms with E-state index in [1.807, 2.05) is 13.8 Å². The Morgan fingerprint density at radius 3 is 2.52 bits per heavy atom. The van der Waals surface area contributed by atoms with Crippen LogP contribution in [0.4, 0.5) is 5.69 Å². The second-order valence-corrected chi connectivity index (χ2v) is 5.77. The lowest BCUT2D eigenvalue weighted by molar-refractivity contribution is -0.384. The Morgan fingerprint density at radius 2 is 1.96 bits per heavy atom. The van der Waals surface area contributed by atoms with Crippen LogP contribution in [-0.2, 0) is 14.3 Å². The summed E-state index contributed by atoms with van der Waals surface area (Å²) >= 11 is 0. The van der Waals surface area contributed by atoms with Gasteiger partial charge in [-0.2, -0.15) is 0 Å². The molecule has 0 saturated carbocycles. The minimum Gasteiger partial charge on any atom is -0.496 e. The van der Waals surface area contributed by atoms with Crippen molar-refractivity contribution in [3.8, 4) is 5.75 Å². The molecular formula is C16H20N2O7. The lowest BCUT2D eigenvalue weighted by Gasteiger charge is -2.35. The van der Waals surface area contributed by atoms with Crippen LogP contribution in [0.25, 0.3) is 0 Å². The molecule has 1 aromatic carbocycles. The molecule has 25 heavy (non-hydrogen) atoms. The largest absolute Gasteiger partial charge is 0.496 e. The molecule has 1 fully saturated rings. The normalized spacial score (nSPS) is 20.0. The number of hydrogen-bond donors (Lipinski definition) is 0. The van der Waals surface area contributed by atoms with Gasteiger partial charge in [-0.15, -0.1) is 0 Å². The van der Waals surface area contributed by atoms with Gasteiger partial charge >= 0.3 is 5.97 Å². The van der Waals surface area contributed by atoms with Gasteiger partial charge in [-0.3, -0.25) is 14.9 Å². The van der Waals surface area contributed by atoms with Gasteiger partial charge in [0.2, 0.25) is 0 Å². The van der Waals surface area contributed by atoms with Gasteiger partial charge in [-0.05, 0) is 19.9 Å². The molecular weight excluding hydrogens is 332 g/mol. The Kier molecular flexibility index (Phi) is 5.92. The Labute approximate surface area is 144 Å². The van der Waals surface area contributed by atoms with Crippen molar-refractivity contribution in [3.05, 3.63) is 33.9 Å². The van der Waals surface area contributed by atoms with Crippen LogP contribution in [0.2, 0.25) is 0 Å². The SMILES string of the molecule is COc1ccc([N+](=O)[O-])cc1C(=O)OCC(=O)N1C[C@@H](C)O[C@H](C)C1. The van der Waals surface area contributed by atoms with E-state index in [1.165, 1.54) is 19.2 Å². The number of morpholine rings is 1. The molecule has 9 nitrogen and oxygen atoms in total. The first-order valence-electron chi connectivity index (χ1n) is 7.74. The molecule has 0 aromatic heterocycles. The van der Waals surface area contributed by atoms with E-state index >= 15 is 0 Å². The van der Waals surface area contributed by atoms with Gasteiger partial charge in [0.15, 0.2) is 6.61 Å². The van der Waals surface area contributed by atoms with Crippen LogP contribution >= 0.6 is 0 Å². The fourth-order valence-corrected chi connectivity index (χ4v) is 2.65. The molecule has 0 radical (unpaired) electrons. The van der Waals surface area contributed by atoms with Crippen LogP contribution in [0.5, 0.6) is 5.75 Å². The molecule has 0 bridgehead atoms. The predicted octanol–water partition coefficient (Wildman–Crippen LogP) is 1.40. The van der Waals surface area contributed by atoms with Crippen LogP contribution < -0.4 is 4.74 Å². The molecule has 2 rings (SSSR count). The quantitative estimate of drug-likeness (QED) is 0.447. The van der Waals surface area contributed by atoms with E-state index < -0.39 is 17.5 Å². The van der Waals surface area contributed by atoms with Crippen LogP contribution in [0.3, 0.4) is 0 Å². The fraction of sp³-hybridized carbons (Fsp3) is 0.500. The van der Waals surface area contributed by atoms with E-state index in [1.54, 1.807) is 4.90 Å². The summed E-state index contributed by atoms with van der Waals surface area (Å²) in [4.78, 5) is 36.2. The van der Waals surface area contributed by atoms with Crippen LogP contribution in [0.15, 0.2) is 18.2 Å². The molecule has 1 amide bonds. The average Bonchev–Trinajstić information content (AvgIpc) is 2.57. The number of methoxy groups -OCH3 is 1. The Hall–Kier alpha value is -2.68. The first-order valence-corrected chi connectivity index (χ1v) is 7.74. The summed E-state index contributed by atoms with van der Waals surface area (Å²) in [5, 5.41) is 10.8. The zero-order chi connectivity index (χ0) is 18.6. The van der Waals surface area contributed by atoms with Crippen molar-refractivity contribution < 1.29 is 28.7 Å². The number of benzene rings is 1. The number of hydrogen-bond acceptors (Lipinski definition) is 7. The summed E-state index contributed by atoms with van der Waals surface area (Å²) in [6.07, 6.45) is -0.194. The van der Waals surface area contributed by atoms with Gasteiger partial charge in [-0.25, -0.2) is 4.79 Å². The third kappa shape index (κ3) is 4.66. The fourth-order valence-electron chi connectivity index (χ4n) is 2.65. The number of rotatable bonds is 5. The Morgan fingerprint density at radius 1 is 1.32 bits per heavy atom. The monoisotopic (exact) mass is 352 g/mol. The second kappa shape index (κ2) is 7.93. The third-order valence-corrected chi connectivity index (χ3v) is 3.71. The molecule has 1 saturated heterocycles. The van der Waals surface area contributed by atoms with Crippen molar-refractivity contribution >= 4 is 17.6 Å². The van der Waals surface area contributed by atoms with E-state index in [0.29, 0.717) is 13.1 Å². The van der Waals surface area contributed by atoms with Crippen LogP contribution in [0, 0.1) is 10.1 Å². The number of ether oxygens (including phenoxy) is 3. The number of nitrogens with zero attached hydrogens (tertiary/aromatic N) is 2. The smallest absolute Gasteiger partial charge is 0.342 e. The highest BCUT2D eigenvalue weighted by Gasteiger charge is 2.27. The third-order valence-electron chi connectivity index (χ3n) is 3.71. The van der Waals surface area contributed by atoms with E-state index in [0.717, 1.165) is 6.07 Å². The molecule has 1 aliphatic heterocycles. The zero-order valence-electron chi connectivity index (χ0n) is 14.3. The summed E-state index contributed by atoms with van der Waals surface area (Å²) in [5.74, 6) is -1.07. The summed E-state index contributed by atoms with van der Waals surface area (Å²) in [7, 11) is 1.33. The number of nitro benzene ring substituents is 1. The van der Waals surface area contributed by atoms with Crippen molar-refractivity contribution in [1.29, 1.82) is 0 Å². The maximum atomic E-state index is 12.2. The number of amides is 1. The predicted molar refractivity (Wildman–Crippen MR) is 86.5 cm³/mol. The van der Waals surface area contributed by atoms with E-state index in [4.69, 9.17) is 14.2 Å². The topological polar surface area (TPSA) is 108 Å². The number of esters is 1. The van der Waals surface area contributed by atoms with Crippen molar-refractivity contribution in [1.82, 2.24) is 4.90 Å². The highest BCUT2D eigenvalue weighted by atomic mass is 16.6. The van der Waals surface area contributed by atoms with Crippen molar-refractivity contribution in [3.63, 3.8) is 0 Å². The minimum atomic E-state index is -0.858. The molecule has 0 N–H and O–H groups in total. The minimum absolute atomic E-state index is 0.0970. The molecule has 9 heteroatoms. The first kappa shape index (κ1) is 18.7. The summed E-state index contributed by atoms with van der Waals surface area (Å²) in [6.45, 7) is 4.09. The lowest BCUT2D eigenvalue weighted by Crippen LogP contribution is -2.49. The summed E-state index contributed by atoms with van der Waals surface area (Å²) in [6, 6.07) is 3.59. The highest BCUT2D eigenvalue weighted by Crippen LogP contribution is 2.24. The molecule has 0 spiro atoms. The molecule has 136 valence electrons. The molecule has 0 unspecified atom stereocenters. The molecule has 1 aromatic rings. The van der Waals surface area contributed by atoms with Crippen molar-refractivity contribution in [2.24, 2.45) is 0 Å². The van der Waals surface area contributed by atoms with Gasteiger partial charge in [0.05, 0.1) is 24.2 Å². The van der Waals surface area contributed by atoms with Crippen molar-refractivity contribution in [2.75, 3.05) is 26.8 Å². The van der Waals surface area contributed by atoms with Gasteiger partial charge in [0, 0.05) is 25.2 Å². The second-order valence-electron chi connectivity index (χ2n) is 5.77. The van der Waals surface area contributed by atoms with E-state index in [2.05, 4.69) is 0 Å². The highest BCUT2D eigenvalue weighted by molar-refractivity contribution is 5.94. The standard InChI is InChI=1S/C16H20N2O7/c1-10-7-17(8-11(2)25-10)15(19)9-24-16(20)13-6-12(18(21)22)4-5-14(13)23-3/h4-6,10-11H,7-9H2,1-3H3/t10-,11-/m1/s1. The van der Waals surface area contributed by atoms with E-state index in [-0.39, 0.29) is 35.1 Å². The summed E-state index contributed by atoms with van der Waals surface area (Å²) < 4.78 is 15.6.